The topological polar surface area (TPSA) is 18.5 Å². The van der Waals surface area contributed by atoms with Crippen LogP contribution in [0.15, 0.2) is 0 Å². The summed E-state index contributed by atoms with van der Waals surface area (Å²) in [5, 5.41) is 0. The van der Waals surface area contributed by atoms with Crippen LogP contribution in [0.2, 0.25) is 0 Å². The highest BCUT2D eigenvalue weighted by atomic mass is 16.7. The molecule has 1 atom stereocenters. The molecule has 1 fully saturated rings. The molecule has 2 nitrogen and oxygen atoms in total. The Morgan fingerprint density at radius 2 is 2.57 bits per heavy atom. The van der Waals surface area contributed by atoms with Crippen molar-refractivity contribution in [2.45, 2.75) is 19.1 Å². The number of hydrogen-bond acceptors (Lipinski definition) is 2. The number of rotatable bonds is 1. The SMILES string of the molecule is [CH]OC1CCCO1. The molecule has 1 heterocycles. The lowest BCUT2D eigenvalue weighted by Gasteiger charge is -2.02. The van der Waals surface area contributed by atoms with E-state index in [0.717, 1.165) is 19.4 Å². The van der Waals surface area contributed by atoms with Crippen LogP contribution in [0.1, 0.15) is 12.8 Å². The van der Waals surface area contributed by atoms with Crippen molar-refractivity contribution in [2.24, 2.45) is 0 Å². The van der Waals surface area contributed by atoms with Gasteiger partial charge in [0.1, 0.15) is 7.11 Å². The molecule has 1 rings (SSSR count). The highest BCUT2D eigenvalue weighted by molar-refractivity contribution is 4.52. The van der Waals surface area contributed by atoms with Crippen molar-refractivity contribution in [3.63, 3.8) is 0 Å². The lowest BCUT2D eigenvalue weighted by atomic mass is 10.4. The van der Waals surface area contributed by atoms with Crippen molar-refractivity contribution in [1.29, 1.82) is 0 Å². The van der Waals surface area contributed by atoms with Crippen LogP contribution in [-0.2, 0) is 9.47 Å². The van der Waals surface area contributed by atoms with Gasteiger partial charge in [-0.3, -0.25) is 0 Å². The summed E-state index contributed by atoms with van der Waals surface area (Å²) in [5.41, 5.74) is 0. The molecule has 0 aromatic rings. The molecule has 0 aliphatic carbocycles. The second-order valence-electron chi connectivity index (χ2n) is 1.58. The van der Waals surface area contributed by atoms with E-state index in [0.29, 0.717) is 0 Å². The minimum atomic E-state index is -0.125. The molecule has 1 aliphatic heterocycles. The Bertz CT molecular complexity index is 48.0. The third kappa shape index (κ3) is 1.14. The summed E-state index contributed by atoms with van der Waals surface area (Å²) in [6.07, 6.45) is 1.89. The van der Waals surface area contributed by atoms with Crippen LogP contribution >= 0.6 is 0 Å². The molecule has 0 aromatic carbocycles. The molecule has 2 heteroatoms. The molecule has 0 amide bonds. The van der Waals surface area contributed by atoms with E-state index in [9.17, 15) is 0 Å². The Morgan fingerprint density at radius 1 is 1.71 bits per heavy atom. The van der Waals surface area contributed by atoms with Gasteiger partial charge in [0.15, 0.2) is 6.29 Å². The molecular formula is C5H8O2. The summed E-state index contributed by atoms with van der Waals surface area (Å²) in [6.45, 7) is 0.794. The molecule has 0 bridgehead atoms. The minimum Gasteiger partial charge on any atom is -0.353 e. The van der Waals surface area contributed by atoms with Crippen LogP contribution in [0, 0.1) is 7.11 Å². The van der Waals surface area contributed by atoms with Gasteiger partial charge in [-0.2, -0.15) is 0 Å². The lowest BCUT2D eigenvalue weighted by Crippen LogP contribution is -2.04. The fourth-order valence-corrected chi connectivity index (χ4v) is 0.655. The summed E-state index contributed by atoms with van der Waals surface area (Å²) < 4.78 is 9.34. The Labute approximate surface area is 43.4 Å². The maximum absolute atomic E-state index is 4.95. The van der Waals surface area contributed by atoms with Crippen molar-refractivity contribution < 1.29 is 9.47 Å². The smallest absolute Gasteiger partial charge is 0.158 e. The first-order valence-corrected chi connectivity index (χ1v) is 2.40. The van der Waals surface area contributed by atoms with Gasteiger partial charge in [0.2, 0.25) is 0 Å². The monoisotopic (exact) mass is 100 g/mol. The van der Waals surface area contributed by atoms with Crippen LogP contribution in [0.5, 0.6) is 0 Å². The van der Waals surface area contributed by atoms with Crippen molar-refractivity contribution in [1.82, 2.24) is 0 Å². The first-order chi connectivity index (χ1) is 3.43. The van der Waals surface area contributed by atoms with Gasteiger partial charge in [-0.1, -0.05) is 0 Å². The standard InChI is InChI=1S/C5H8O2/c1-6-5-3-2-4-7-5/h1,5H,2-4H2. The highest BCUT2D eigenvalue weighted by Crippen LogP contribution is 2.11. The summed E-state index contributed by atoms with van der Waals surface area (Å²) in [7, 11) is 4.81. The minimum absolute atomic E-state index is 0.125. The predicted octanol–water partition coefficient (Wildman–Crippen LogP) is 0.808. The molecule has 1 unspecified atom stereocenters. The fraction of sp³-hybridized carbons (Fsp3) is 0.800. The molecule has 2 radical (unpaired) electrons. The van der Waals surface area contributed by atoms with E-state index in [2.05, 4.69) is 4.74 Å². The second-order valence-corrected chi connectivity index (χ2v) is 1.58. The fourth-order valence-electron chi connectivity index (χ4n) is 0.655. The second kappa shape index (κ2) is 2.28. The molecule has 0 aromatic heterocycles. The zero-order valence-corrected chi connectivity index (χ0v) is 4.09. The summed E-state index contributed by atoms with van der Waals surface area (Å²) >= 11 is 0. The van der Waals surface area contributed by atoms with Crippen LogP contribution in [0.25, 0.3) is 0 Å². The van der Waals surface area contributed by atoms with Crippen LogP contribution < -0.4 is 0 Å². The van der Waals surface area contributed by atoms with Gasteiger partial charge in [-0.25, -0.2) is 0 Å². The molecule has 7 heavy (non-hydrogen) atoms. The average Bonchev–Trinajstić information content (AvgIpc) is 2.14. The average molecular weight is 100 g/mol. The van der Waals surface area contributed by atoms with Gasteiger partial charge in [0.25, 0.3) is 0 Å². The summed E-state index contributed by atoms with van der Waals surface area (Å²) in [5.74, 6) is 0. The van der Waals surface area contributed by atoms with Crippen LogP contribution in [0.3, 0.4) is 0 Å². The zero-order chi connectivity index (χ0) is 5.11. The third-order valence-corrected chi connectivity index (χ3v) is 1.04. The maximum Gasteiger partial charge on any atom is 0.158 e. The van der Waals surface area contributed by atoms with Gasteiger partial charge in [-0.15, -0.1) is 0 Å². The molecule has 1 aliphatic rings. The highest BCUT2D eigenvalue weighted by Gasteiger charge is 2.12. The van der Waals surface area contributed by atoms with E-state index in [1.54, 1.807) is 0 Å². The van der Waals surface area contributed by atoms with Crippen molar-refractivity contribution >= 4 is 0 Å². The Kier molecular flexibility index (Phi) is 1.65. The molecule has 40 valence electrons. The van der Waals surface area contributed by atoms with Gasteiger partial charge < -0.3 is 9.47 Å². The zero-order valence-electron chi connectivity index (χ0n) is 4.09. The van der Waals surface area contributed by atoms with Crippen LogP contribution in [-0.4, -0.2) is 12.9 Å². The van der Waals surface area contributed by atoms with E-state index in [1.807, 2.05) is 0 Å². The molecule has 0 N–H and O–H groups in total. The van der Waals surface area contributed by atoms with Crippen molar-refractivity contribution in [3.05, 3.63) is 7.11 Å². The van der Waals surface area contributed by atoms with Gasteiger partial charge in [0, 0.05) is 13.0 Å². The normalized spacial score (nSPS) is 31.3. The van der Waals surface area contributed by atoms with E-state index < -0.39 is 0 Å². The van der Waals surface area contributed by atoms with Gasteiger partial charge >= 0.3 is 0 Å². The van der Waals surface area contributed by atoms with Gasteiger partial charge in [0.05, 0.1) is 0 Å². The van der Waals surface area contributed by atoms with E-state index in [1.165, 1.54) is 0 Å². The van der Waals surface area contributed by atoms with E-state index >= 15 is 0 Å². The predicted molar refractivity (Wildman–Crippen MR) is 24.4 cm³/mol. The number of hydrogen-bond donors (Lipinski definition) is 0. The maximum atomic E-state index is 4.95. The molecule has 0 spiro atoms. The summed E-state index contributed by atoms with van der Waals surface area (Å²) in [4.78, 5) is 0. The number of ether oxygens (including phenoxy) is 2. The van der Waals surface area contributed by atoms with E-state index in [4.69, 9.17) is 11.8 Å². The molecule has 1 saturated heterocycles. The van der Waals surface area contributed by atoms with Crippen molar-refractivity contribution in [3.8, 4) is 0 Å². The lowest BCUT2D eigenvalue weighted by molar-refractivity contribution is -0.0714. The largest absolute Gasteiger partial charge is 0.353 e. The first-order valence-electron chi connectivity index (χ1n) is 2.40. The Hall–Kier alpha value is -0.0800. The summed E-state index contributed by atoms with van der Waals surface area (Å²) in [6, 6.07) is 0. The van der Waals surface area contributed by atoms with Crippen LogP contribution in [0.4, 0.5) is 0 Å². The van der Waals surface area contributed by atoms with E-state index in [-0.39, 0.29) is 6.29 Å². The quantitative estimate of drug-likeness (QED) is 0.485. The molecular weight excluding hydrogens is 92.1 g/mol. The Morgan fingerprint density at radius 3 is 2.86 bits per heavy atom. The molecule has 0 saturated carbocycles. The van der Waals surface area contributed by atoms with Crippen molar-refractivity contribution in [2.75, 3.05) is 6.61 Å². The Balaban J connectivity index is 2.14. The van der Waals surface area contributed by atoms with Gasteiger partial charge in [-0.05, 0) is 6.42 Å². The third-order valence-electron chi connectivity index (χ3n) is 1.04. The first kappa shape index (κ1) is 5.06.